The van der Waals surface area contributed by atoms with Gasteiger partial charge < -0.3 is 10.3 Å². The first kappa shape index (κ1) is 10.3. The molecule has 0 aliphatic carbocycles. The van der Waals surface area contributed by atoms with Gasteiger partial charge in [0.15, 0.2) is 5.16 Å². The van der Waals surface area contributed by atoms with Crippen molar-refractivity contribution in [1.29, 1.82) is 0 Å². The molecular formula is C8H13N3OS. The summed E-state index contributed by atoms with van der Waals surface area (Å²) < 4.78 is 0. The second-order valence-corrected chi connectivity index (χ2v) is 3.40. The average Bonchev–Trinajstić information content (AvgIpc) is 2.16. The van der Waals surface area contributed by atoms with Crippen LogP contribution in [0, 0.1) is 0 Å². The normalized spacial score (nSPS) is 10.3. The van der Waals surface area contributed by atoms with Crippen molar-refractivity contribution in [2.45, 2.75) is 11.6 Å². The van der Waals surface area contributed by atoms with Crippen LogP contribution < -0.4 is 10.9 Å². The fraction of sp³-hybridized carbons (Fsp3) is 0.500. The van der Waals surface area contributed by atoms with Gasteiger partial charge in [0.2, 0.25) is 0 Å². The van der Waals surface area contributed by atoms with E-state index in [1.807, 2.05) is 13.3 Å². The number of nitrogens with zero attached hydrogens (tertiary/aromatic N) is 1. The lowest BCUT2D eigenvalue weighted by Crippen LogP contribution is -2.19. The molecule has 0 saturated heterocycles. The Labute approximate surface area is 81.2 Å². The molecule has 1 aromatic heterocycles. The summed E-state index contributed by atoms with van der Waals surface area (Å²) in [5, 5.41) is 3.65. The molecule has 0 radical (unpaired) electrons. The van der Waals surface area contributed by atoms with Crippen molar-refractivity contribution < 1.29 is 0 Å². The zero-order chi connectivity index (χ0) is 9.68. The maximum absolute atomic E-state index is 11.4. The van der Waals surface area contributed by atoms with Gasteiger partial charge in [0.25, 0.3) is 5.56 Å². The Morgan fingerprint density at radius 1 is 1.69 bits per heavy atom. The Morgan fingerprint density at radius 3 is 3.00 bits per heavy atom. The van der Waals surface area contributed by atoms with Crippen LogP contribution in [-0.4, -0.2) is 29.8 Å². The zero-order valence-corrected chi connectivity index (χ0v) is 8.57. The lowest BCUT2D eigenvalue weighted by molar-refractivity contribution is 0.770. The SMILES string of the molecule is CNCCc1cnc(SC)[nH]c1=O. The first-order valence-electron chi connectivity index (χ1n) is 4.04. The molecule has 0 amide bonds. The summed E-state index contributed by atoms with van der Waals surface area (Å²) >= 11 is 1.43. The van der Waals surface area contributed by atoms with Crippen LogP contribution in [0.4, 0.5) is 0 Å². The zero-order valence-electron chi connectivity index (χ0n) is 7.76. The summed E-state index contributed by atoms with van der Waals surface area (Å²) in [5.74, 6) is 0. The van der Waals surface area contributed by atoms with Gasteiger partial charge >= 0.3 is 0 Å². The van der Waals surface area contributed by atoms with E-state index < -0.39 is 0 Å². The van der Waals surface area contributed by atoms with E-state index in [0.717, 1.165) is 12.1 Å². The van der Waals surface area contributed by atoms with Gasteiger partial charge in [0.05, 0.1) is 0 Å². The number of hydrogen-bond acceptors (Lipinski definition) is 4. The highest BCUT2D eigenvalue weighted by Crippen LogP contribution is 2.03. The van der Waals surface area contributed by atoms with Gasteiger partial charge in [-0.15, -0.1) is 0 Å². The van der Waals surface area contributed by atoms with E-state index in [1.54, 1.807) is 6.20 Å². The van der Waals surface area contributed by atoms with E-state index in [0.29, 0.717) is 11.6 Å². The second-order valence-electron chi connectivity index (χ2n) is 2.60. The molecule has 4 nitrogen and oxygen atoms in total. The summed E-state index contributed by atoms with van der Waals surface area (Å²) in [7, 11) is 1.86. The number of aromatic amines is 1. The summed E-state index contributed by atoms with van der Waals surface area (Å²) in [6.45, 7) is 0.795. The van der Waals surface area contributed by atoms with Gasteiger partial charge in [0, 0.05) is 11.8 Å². The van der Waals surface area contributed by atoms with E-state index >= 15 is 0 Å². The standard InChI is InChI=1S/C8H13N3OS/c1-9-4-3-6-5-10-8(13-2)11-7(6)12/h5,9H,3-4H2,1-2H3,(H,10,11,12). The van der Waals surface area contributed by atoms with Gasteiger partial charge in [-0.25, -0.2) is 4.98 Å². The smallest absolute Gasteiger partial charge is 0.254 e. The highest BCUT2D eigenvalue weighted by Gasteiger charge is 2.00. The largest absolute Gasteiger partial charge is 0.319 e. The molecule has 0 aromatic carbocycles. The average molecular weight is 199 g/mol. The highest BCUT2D eigenvalue weighted by molar-refractivity contribution is 7.98. The van der Waals surface area contributed by atoms with Gasteiger partial charge in [-0.2, -0.15) is 0 Å². The predicted octanol–water partition coefficient (Wildman–Crippen LogP) is 0.254. The molecule has 1 aromatic rings. The van der Waals surface area contributed by atoms with Crippen molar-refractivity contribution in [2.24, 2.45) is 0 Å². The Balaban J connectivity index is 2.80. The van der Waals surface area contributed by atoms with Gasteiger partial charge in [-0.05, 0) is 26.3 Å². The molecule has 5 heteroatoms. The molecule has 0 atom stereocenters. The summed E-state index contributed by atoms with van der Waals surface area (Å²) in [6, 6.07) is 0. The van der Waals surface area contributed by atoms with E-state index in [-0.39, 0.29) is 5.56 Å². The quantitative estimate of drug-likeness (QED) is 0.539. The molecule has 2 N–H and O–H groups in total. The van der Waals surface area contributed by atoms with Crippen LogP contribution in [0.3, 0.4) is 0 Å². The third-order valence-corrected chi connectivity index (χ3v) is 2.28. The number of hydrogen-bond donors (Lipinski definition) is 2. The van der Waals surface area contributed by atoms with Gasteiger partial charge in [-0.1, -0.05) is 11.8 Å². The Bertz CT molecular complexity index is 323. The first-order valence-corrected chi connectivity index (χ1v) is 5.27. The summed E-state index contributed by atoms with van der Waals surface area (Å²) in [4.78, 5) is 18.2. The number of nitrogens with one attached hydrogen (secondary N) is 2. The molecule has 1 rings (SSSR count). The van der Waals surface area contributed by atoms with Crippen molar-refractivity contribution in [1.82, 2.24) is 15.3 Å². The fourth-order valence-electron chi connectivity index (χ4n) is 0.946. The van der Waals surface area contributed by atoms with Crippen molar-refractivity contribution in [3.63, 3.8) is 0 Å². The van der Waals surface area contributed by atoms with E-state index in [1.165, 1.54) is 11.8 Å². The third-order valence-electron chi connectivity index (χ3n) is 1.69. The highest BCUT2D eigenvalue weighted by atomic mass is 32.2. The van der Waals surface area contributed by atoms with E-state index in [2.05, 4.69) is 15.3 Å². The van der Waals surface area contributed by atoms with Crippen LogP contribution in [0.5, 0.6) is 0 Å². The molecule has 0 aliphatic heterocycles. The first-order chi connectivity index (χ1) is 6.27. The number of likely N-dealkylation sites (N-methyl/N-ethyl adjacent to an activating group) is 1. The maximum Gasteiger partial charge on any atom is 0.254 e. The molecule has 0 fully saturated rings. The molecule has 0 saturated carbocycles. The predicted molar refractivity (Wildman–Crippen MR) is 54.3 cm³/mol. The molecule has 0 aliphatic rings. The van der Waals surface area contributed by atoms with E-state index in [4.69, 9.17) is 0 Å². The molecular weight excluding hydrogens is 186 g/mol. The van der Waals surface area contributed by atoms with Crippen molar-refractivity contribution in [3.05, 3.63) is 22.1 Å². The molecule has 0 bridgehead atoms. The molecule has 72 valence electrons. The van der Waals surface area contributed by atoms with Crippen molar-refractivity contribution in [3.8, 4) is 0 Å². The van der Waals surface area contributed by atoms with Crippen LogP contribution in [0.15, 0.2) is 16.1 Å². The number of H-pyrrole nitrogens is 1. The molecule has 0 spiro atoms. The Morgan fingerprint density at radius 2 is 2.46 bits per heavy atom. The molecule has 1 heterocycles. The number of thioether (sulfide) groups is 1. The monoisotopic (exact) mass is 199 g/mol. The number of rotatable bonds is 4. The second kappa shape index (κ2) is 5.04. The van der Waals surface area contributed by atoms with Crippen LogP contribution in [0.25, 0.3) is 0 Å². The maximum atomic E-state index is 11.4. The Hall–Kier alpha value is -0.810. The van der Waals surface area contributed by atoms with Gasteiger partial charge in [-0.3, -0.25) is 4.79 Å². The van der Waals surface area contributed by atoms with Crippen molar-refractivity contribution in [2.75, 3.05) is 19.8 Å². The van der Waals surface area contributed by atoms with Crippen molar-refractivity contribution >= 4 is 11.8 Å². The lowest BCUT2D eigenvalue weighted by Gasteiger charge is -2.00. The van der Waals surface area contributed by atoms with Gasteiger partial charge in [0.1, 0.15) is 0 Å². The van der Waals surface area contributed by atoms with Crippen LogP contribution >= 0.6 is 11.8 Å². The van der Waals surface area contributed by atoms with Crippen LogP contribution in [-0.2, 0) is 6.42 Å². The lowest BCUT2D eigenvalue weighted by atomic mass is 10.2. The minimum atomic E-state index is -0.0328. The fourth-order valence-corrected chi connectivity index (χ4v) is 1.30. The minimum absolute atomic E-state index is 0.0328. The Kier molecular flexibility index (Phi) is 3.98. The molecule has 0 unspecified atom stereocenters. The topological polar surface area (TPSA) is 57.8 Å². The summed E-state index contributed by atoms with van der Waals surface area (Å²) in [5.41, 5.74) is 0.696. The van der Waals surface area contributed by atoms with Crippen LogP contribution in [0.1, 0.15) is 5.56 Å². The third kappa shape index (κ3) is 2.86. The summed E-state index contributed by atoms with van der Waals surface area (Å²) in [6.07, 6.45) is 4.24. The minimum Gasteiger partial charge on any atom is -0.319 e. The number of aromatic nitrogens is 2. The molecule has 13 heavy (non-hydrogen) atoms. The van der Waals surface area contributed by atoms with E-state index in [9.17, 15) is 4.79 Å². The van der Waals surface area contributed by atoms with Crippen LogP contribution in [0.2, 0.25) is 0 Å².